The van der Waals surface area contributed by atoms with Crippen LogP contribution >= 0.6 is 0 Å². The van der Waals surface area contributed by atoms with Gasteiger partial charge in [0.2, 0.25) is 0 Å². The number of hydrogen-bond acceptors (Lipinski definition) is 4. The van der Waals surface area contributed by atoms with E-state index in [1.165, 1.54) is 0 Å². The Balaban J connectivity index is 1.65. The largest absolute Gasteiger partial charge is 0.479 e. The lowest BCUT2D eigenvalue weighted by molar-refractivity contribution is -0.145. The van der Waals surface area contributed by atoms with Crippen molar-refractivity contribution in [3.05, 3.63) is 71.8 Å². The second-order valence-corrected chi connectivity index (χ2v) is 6.85. The predicted octanol–water partition coefficient (Wildman–Crippen LogP) is 3.03. The van der Waals surface area contributed by atoms with Crippen molar-refractivity contribution >= 4 is 12.1 Å². The van der Waals surface area contributed by atoms with Crippen LogP contribution in [0.1, 0.15) is 24.5 Å². The van der Waals surface area contributed by atoms with Crippen molar-refractivity contribution in [2.45, 2.75) is 38.1 Å². The number of amides is 1. The van der Waals surface area contributed by atoms with Crippen LogP contribution in [0.3, 0.4) is 0 Å². The summed E-state index contributed by atoms with van der Waals surface area (Å²) in [4.78, 5) is 26.4. The number of alkyl carbamates (subject to hydrolysis) is 1. The average molecular weight is 368 g/mol. The normalized spacial score (nSPS) is 22.3. The van der Waals surface area contributed by atoms with Crippen LogP contribution < -0.4 is 5.32 Å². The standard InChI is InChI=1S/C21H24N2O4/c1-16-21(19(24)25,12-13-23(16)14-17-8-4-2-5-9-17)22-20(26)27-15-18-10-6-3-7-11-18/h2-11,16H,12-15H2,1H3,(H,22,26)(H,24,25). The van der Waals surface area contributed by atoms with Crippen molar-refractivity contribution in [2.24, 2.45) is 0 Å². The third-order valence-corrected chi connectivity index (χ3v) is 5.20. The van der Waals surface area contributed by atoms with Crippen LogP contribution in [0.2, 0.25) is 0 Å². The Hall–Kier alpha value is -2.86. The Bertz CT molecular complexity index is 781. The molecule has 142 valence electrons. The molecule has 0 spiro atoms. The van der Waals surface area contributed by atoms with Crippen LogP contribution in [0.25, 0.3) is 0 Å². The number of aliphatic carboxylic acids is 1. The quantitative estimate of drug-likeness (QED) is 0.819. The van der Waals surface area contributed by atoms with Crippen molar-refractivity contribution in [3.63, 3.8) is 0 Å². The third-order valence-electron chi connectivity index (χ3n) is 5.20. The van der Waals surface area contributed by atoms with Gasteiger partial charge >= 0.3 is 12.1 Å². The van der Waals surface area contributed by atoms with Gasteiger partial charge in [-0.1, -0.05) is 60.7 Å². The molecule has 1 aliphatic heterocycles. The zero-order valence-electron chi connectivity index (χ0n) is 15.3. The molecule has 0 saturated carbocycles. The zero-order chi connectivity index (χ0) is 19.3. The SMILES string of the molecule is CC1N(Cc2ccccc2)CCC1(NC(=O)OCc1ccccc1)C(=O)O. The number of hydrogen-bond donors (Lipinski definition) is 2. The topological polar surface area (TPSA) is 78.9 Å². The van der Waals surface area contributed by atoms with E-state index in [0.717, 1.165) is 11.1 Å². The van der Waals surface area contributed by atoms with Crippen LogP contribution in [0.4, 0.5) is 4.79 Å². The number of carbonyl (C=O) groups is 2. The average Bonchev–Trinajstić information content (AvgIpc) is 2.99. The van der Waals surface area contributed by atoms with Gasteiger partial charge in [-0.3, -0.25) is 4.90 Å². The van der Waals surface area contributed by atoms with Crippen LogP contribution in [-0.4, -0.2) is 40.2 Å². The highest BCUT2D eigenvalue weighted by Crippen LogP contribution is 2.30. The number of likely N-dealkylation sites (tertiary alicyclic amines) is 1. The highest BCUT2D eigenvalue weighted by atomic mass is 16.5. The van der Waals surface area contributed by atoms with E-state index in [1.807, 2.05) is 67.6 Å². The van der Waals surface area contributed by atoms with E-state index in [4.69, 9.17) is 4.74 Å². The van der Waals surface area contributed by atoms with Gasteiger partial charge in [0.05, 0.1) is 0 Å². The van der Waals surface area contributed by atoms with Gasteiger partial charge < -0.3 is 15.2 Å². The monoisotopic (exact) mass is 368 g/mol. The molecule has 27 heavy (non-hydrogen) atoms. The van der Waals surface area contributed by atoms with Gasteiger partial charge in [-0.25, -0.2) is 9.59 Å². The maximum absolute atomic E-state index is 12.3. The highest BCUT2D eigenvalue weighted by molar-refractivity contribution is 5.85. The molecule has 0 aromatic heterocycles. The maximum atomic E-state index is 12.3. The number of rotatable bonds is 6. The molecule has 1 amide bonds. The van der Waals surface area contributed by atoms with E-state index in [2.05, 4.69) is 10.2 Å². The Morgan fingerprint density at radius 1 is 1.11 bits per heavy atom. The zero-order valence-corrected chi connectivity index (χ0v) is 15.3. The molecule has 0 bridgehead atoms. The molecule has 2 unspecified atom stereocenters. The molecule has 6 heteroatoms. The van der Waals surface area contributed by atoms with E-state index in [1.54, 1.807) is 0 Å². The Kier molecular flexibility index (Phi) is 5.76. The van der Waals surface area contributed by atoms with E-state index >= 15 is 0 Å². The molecule has 2 N–H and O–H groups in total. The minimum absolute atomic E-state index is 0.102. The van der Waals surface area contributed by atoms with Crippen molar-refractivity contribution in [2.75, 3.05) is 6.54 Å². The lowest BCUT2D eigenvalue weighted by Crippen LogP contribution is -2.60. The molecule has 2 aromatic rings. The molecule has 2 aromatic carbocycles. The molecule has 1 saturated heterocycles. The van der Waals surface area contributed by atoms with E-state index in [0.29, 0.717) is 19.5 Å². The van der Waals surface area contributed by atoms with Crippen molar-refractivity contribution < 1.29 is 19.4 Å². The number of ether oxygens (including phenoxy) is 1. The predicted molar refractivity (Wildman–Crippen MR) is 101 cm³/mol. The second kappa shape index (κ2) is 8.22. The maximum Gasteiger partial charge on any atom is 0.408 e. The molecule has 1 fully saturated rings. The lowest BCUT2D eigenvalue weighted by atomic mass is 9.91. The molecule has 2 atom stereocenters. The van der Waals surface area contributed by atoms with E-state index in [-0.39, 0.29) is 12.6 Å². The smallest absolute Gasteiger partial charge is 0.408 e. The van der Waals surface area contributed by atoms with Crippen molar-refractivity contribution in [3.8, 4) is 0 Å². The highest BCUT2D eigenvalue weighted by Gasteiger charge is 2.52. The van der Waals surface area contributed by atoms with Gasteiger partial charge in [0.15, 0.2) is 5.54 Å². The fourth-order valence-electron chi connectivity index (χ4n) is 3.52. The first-order chi connectivity index (χ1) is 13.0. The molecular weight excluding hydrogens is 344 g/mol. The van der Waals surface area contributed by atoms with Crippen LogP contribution in [0.5, 0.6) is 0 Å². The number of carboxylic acid groups (broad SMARTS) is 1. The number of nitrogens with one attached hydrogen (secondary N) is 1. The van der Waals surface area contributed by atoms with Gasteiger partial charge in [0.25, 0.3) is 0 Å². The van der Waals surface area contributed by atoms with Crippen LogP contribution in [0, 0.1) is 0 Å². The van der Waals surface area contributed by atoms with Crippen molar-refractivity contribution in [1.82, 2.24) is 10.2 Å². The van der Waals surface area contributed by atoms with Crippen LogP contribution in [0.15, 0.2) is 60.7 Å². The van der Waals surface area contributed by atoms with Gasteiger partial charge in [-0.2, -0.15) is 0 Å². The third kappa shape index (κ3) is 4.28. The van der Waals surface area contributed by atoms with E-state index < -0.39 is 17.6 Å². The first-order valence-corrected chi connectivity index (χ1v) is 9.01. The number of carbonyl (C=O) groups excluding carboxylic acids is 1. The van der Waals surface area contributed by atoms with Gasteiger partial charge in [-0.15, -0.1) is 0 Å². The number of benzene rings is 2. The molecule has 3 rings (SSSR count). The summed E-state index contributed by atoms with van der Waals surface area (Å²) in [7, 11) is 0. The second-order valence-electron chi connectivity index (χ2n) is 6.85. The van der Waals surface area contributed by atoms with E-state index in [9.17, 15) is 14.7 Å². The molecular formula is C21H24N2O4. The van der Waals surface area contributed by atoms with Crippen LogP contribution in [-0.2, 0) is 22.7 Å². The molecule has 0 radical (unpaired) electrons. The van der Waals surface area contributed by atoms with Crippen molar-refractivity contribution in [1.29, 1.82) is 0 Å². The molecule has 1 heterocycles. The summed E-state index contributed by atoms with van der Waals surface area (Å²) in [5, 5.41) is 12.5. The molecule has 0 aliphatic carbocycles. The van der Waals surface area contributed by atoms with Gasteiger partial charge in [0, 0.05) is 19.1 Å². The first-order valence-electron chi connectivity index (χ1n) is 9.01. The molecule has 1 aliphatic rings. The summed E-state index contributed by atoms with van der Waals surface area (Å²) in [5.74, 6) is -1.04. The summed E-state index contributed by atoms with van der Waals surface area (Å²) in [5.41, 5.74) is 0.599. The summed E-state index contributed by atoms with van der Waals surface area (Å²) >= 11 is 0. The number of carboxylic acids is 1. The Morgan fingerprint density at radius 2 is 1.70 bits per heavy atom. The summed E-state index contributed by atoms with van der Waals surface area (Å²) in [6, 6.07) is 18.8. The lowest BCUT2D eigenvalue weighted by Gasteiger charge is -2.32. The summed E-state index contributed by atoms with van der Waals surface area (Å²) in [6.07, 6.45) is -0.383. The summed E-state index contributed by atoms with van der Waals surface area (Å²) in [6.45, 7) is 3.16. The Labute approximate surface area is 158 Å². The Morgan fingerprint density at radius 3 is 2.30 bits per heavy atom. The van der Waals surface area contributed by atoms with Gasteiger partial charge in [-0.05, 0) is 24.5 Å². The summed E-state index contributed by atoms with van der Waals surface area (Å²) < 4.78 is 5.24. The fourth-order valence-corrected chi connectivity index (χ4v) is 3.52. The number of nitrogens with zero attached hydrogens (tertiary/aromatic N) is 1. The minimum atomic E-state index is -1.36. The minimum Gasteiger partial charge on any atom is -0.479 e. The fraction of sp³-hybridized carbons (Fsp3) is 0.333. The first kappa shape index (κ1) is 18.9. The van der Waals surface area contributed by atoms with Gasteiger partial charge in [0.1, 0.15) is 6.61 Å². The molecule has 6 nitrogen and oxygen atoms in total.